The van der Waals surface area contributed by atoms with Gasteiger partial charge in [-0.3, -0.25) is 0 Å². The number of para-hydroxylation sites is 1. The van der Waals surface area contributed by atoms with E-state index in [1.807, 2.05) is 6.07 Å². The quantitative estimate of drug-likeness (QED) is 0.234. The van der Waals surface area contributed by atoms with Gasteiger partial charge in [0.2, 0.25) is 10.1 Å². The van der Waals surface area contributed by atoms with Crippen molar-refractivity contribution in [3.8, 4) is 11.5 Å². The molecule has 4 nitrogen and oxygen atoms in total. The number of benzene rings is 2. The first-order valence-corrected chi connectivity index (χ1v) is 6.91. The number of hydrogen-bond acceptors (Lipinski definition) is 4. The Bertz CT molecular complexity index is 669. The Kier molecular flexibility index (Phi) is 5.19. The fraction of sp³-hybridized carbons (Fsp3) is 0.0667. The van der Waals surface area contributed by atoms with E-state index in [0.717, 1.165) is 4.74 Å². The summed E-state index contributed by atoms with van der Waals surface area (Å²) in [5.74, 6) is 1.17. The number of thiocarbonyl (C=S) groups is 1. The van der Waals surface area contributed by atoms with Crippen LogP contribution in [-0.4, -0.2) is 22.4 Å². The zero-order valence-corrected chi connectivity index (χ0v) is 12.9. The summed E-state index contributed by atoms with van der Waals surface area (Å²) in [7, 11) is 1.57. The van der Waals surface area contributed by atoms with Crippen LogP contribution in [0.3, 0.4) is 0 Å². The van der Waals surface area contributed by atoms with E-state index in [-0.39, 0.29) is 4.38 Å². The van der Waals surface area contributed by atoms with E-state index in [2.05, 4.69) is 12.6 Å². The molecule has 0 N–H and O–H groups in total. The molecule has 2 rings (SSSR count). The molecule has 0 heterocycles. The minimum Gasteiger partial charge on any atom is -0.618 e. The Hall–Kier alpha value is -2.05. The van der Waals surface area contributed by atoms with E-state index in [4.69, 9.17) is 21.7 Å². The lowest BCUT2D eigenvalue weighted by atomic mass is 10.2. The second-order valence-corrected chi connectivity index (χ2v) is 5.14. The van der Waals surface area contributed by atoms with Crippen molar-refractivity contribution in [3.63, 3.8) is 0 Å². The molecule has 0 aliphatic rings. The summed E-state index contributed by atoms with van der Waals surface area (Å²) in [6.07, 6.45) is 1.42. The molecule has 0 saturated heterocycles. The van der Waals surface area contributed by atoms with Crippen molar-refractivity contribution < 1.29 is 14.2 Å². The van der Waals surface area contributed by atoms with Gasteiger partial charge in [-0.1, -0.05) is 24.8 Å². The van der Waals surface area contributed by atoms with Crippen molar-refractivity contribution in [2.24, 2.45) is 0 Å². The molecule has 0 saturated carbocycles. The van der Waals surface area contributed by atoms with Gasteiger partial charge in [0, 0.05) is 12.1 Å². The Morgan fingerprint density at radius 3 is 2.48 bits per heavy atom. The van der Waals surface area contributed by atoms with Gasteiger partial charge in [0.05, 0.1) is 12.7 Å². The van der Waals surface area contributed by atoms with E-state index in [9.17, 15) is 5.21 Å². The van der Waals surface area contributed by atoms with Gasteiger partial charge in [0.25, 0.3) is 0 Å². The lowest BCUT2D eigenvalue weighted by Gasteiger charge is -2.07. The average Bonchev–Trinajstić information content (AvgIpc) is 2.49. The van der Waals surface area contributed by atoms with Crippen LogP contribution in [0, 0.1) is 5.21 Å². The van der Waals surface area contributed by atoms with Crippen molar-refractivity contribution >= 4 is 41.1 Å². The summed E-state index contributed by atoms with van der Waals surface area (Å²) in [4.78, 5) is 0. The summed E-state index contributed by atoms with van der Waals surface area (Å²) in [5.41, 5.74) is 1.10. The van der Waals surface area contributed by atoms with Gasteiger partial charge in [0.1, 0.15) is 11.5 Å². The van der Waals surface area contributed by atoms with E-state index >= 15 is 0 Å². The van der Waals surface area contributed by atoms with Gasteiger partial charge in [-0.15, -0.1) is 0 Å². The maximum atomic E-state index is 12.2. The molecule has 21 heavy (non-hydrogen) atoms. The van der Waals surface area contributed by atoms with E-state index in [1.54, 1.807) is 49.6 Å². The van der Waals surface area contributed by atoms with E-state index in [1.165, 1.54) is 6.21 Å². The van der Waals surface area contributed by atoms with Crippen LogP contribution < -0.4 is 9.47 Å². The number of rotatable bonds is 4. The van der Waals surface area contributed by atoms with Crippen molar-refractivity contribution in [1.82, 2.24) is 0 Å². The molecular formula is C15H13NO3S2. The fourth-order valence-corrected chi connectivity index (χ4v) is 1.89. The van der Waals surface area contributed by atoms with Crippen LogP contribution in [0.15, 0.2) is 48.5 Å². The van der Waals surface area contributed by atoms with Gasteiger partial charge >= 0.3 is 0 Å². The van der Waals surface area contributed by atoms with Gasteiger partial charge in [-0.2, -0.15) is 4.74 Å². The highest BCUT2D eigenvalue weighted by atomic mass is 32.1. The molecule has 0 bridgehead atoms. The Morgan fingerprint density at radius 1 is 1.19 bits per heavy atom. The van der Waals surface area contributed by atoms with Gasteiger partial charge < -0.3 is 14.7 Å². The summed E-state index contributed by atoms with van der Waals surface area (Å²) >= 11 is 8.72. The average molecular weight is 319 g/mol. The summed E-state index contributed by atoms with van der Waals surface area (Å²) in [6, 6.07) is 13.9. The maximum absolute atomic E-state index is 12.2. The highest BCUT2D eigenvalue weighted by Gasteiger charge is 2.08. The van der Waals surface area contributed by atoms with Crippen molar-refractivity contribution in [3.05, 3.63) is 59.3 Å². The van der Waals surface area contributed by atoms with Crippen LogP contribution in [0.1, 0.15) is 5.56 Å². The Morgan fingerprint density at radius 2 is 1.86 bits per heavy atom. The molecule has 6 heteroatoms. The largest absolute Gasteiger partial charge is 0.618 e. The summed E-state index contributed by atoms with van der Waals surface area (Å²) in [6.45, 7) is 0. The smallest absolute Gasteiger partial charge is 0.222 e. The monoisotopic (exact) mass is 319 g/mol. The molecule has 2 aromatic carbocycles. The molecule has 0 atom stereocenters. The molecule has 0 radical (unpaired) electrons. The third-order valence-electron chi connectivity index (χ3n) is 2.70. The zero-order chi connectivity index (χ0) is 15.2. The molecule has 0 aliphatic heterocycles. The van der Waals surface area contributed by atoms with Crippen LogP contribution in [0.5, 0.6) is 11.5 Å². The van der Waals surface area contributed by atoms with E-state index < -0.39 is 0 Å². The zero-order valence-electron chi connectivity index (χ0n) is 11.2. The molecule has 0 fully saturated rings. The number of nitrogens with zero attached hydrogens (tertiary/aromatic N) is 1. The van der Waals surface area contributed by atoms with Crippen LogP contribution in [-0.2, 0) is 0 Å². The SMILES string of the molecule is COc1ccc(/[N+]([O-])=C/c2ccccc2OC(=S)S)cc1. The predicted molar refractivity (Wildman–Crippen MR) is 90.1 cm³/mol. The minimum absolute atomic E-state index is 0.0951. The molecule has 2 aromatic rings. The minimum atomic E-state index is 0.0951. The van der Waals surface area contributed by atoms with Crippen LogP contribution in [0.25, 0.3) is 0 Å². The molecular weight excluding hydrogens is 306 g/mol. The number of ether oxygens (including phenoxy) is 2. The Balaban J connectivity index is 2.31. The van der Waals surface area contributed by atoms with Crippen molar-refractivity contribution in [2.45, 2.75) is 0 Å². The Labute approximate surface area is 133 Å². The van der Waals surface area contributed by atoms with Gasteiger partial charge in [-0.25, -0.2) is 0 Å². The number of methoxy groups -OCH3 is 1. The standard InChI is InChI=1S/C15H13NO3S2/c1-18-13-8-6-12(7-9-13)16(17)10-11-4-2-3-5-14(11)19-15(20)21/h2-10H,1H3,(H,20,21)/b16-10-. The van der Waals surface area contributed by atoms with E-state index in [0.29, 0.717) is 22.7 Å². The molecule has 0 spiro atoms. The first-order valence-electron chi connectivity index (χ1n) is 6.05. The summed E-state index contributed by atoms with van der Waals surface area (Å²) < 4.78 is 11.2. The molecule has 0 aliphatic carbocycles. The van der Waals surface area contributed by atoms with Crippen LogP contribution in [0.4, 0.5) is 5.69 Å². The normalized spacial score (nSPS) is 11.0. The van der Waals surface area contributed by atoms with Crippen molar-refractivity contribution in [2.75, 3.05) is 7.11 Å². The van der Waals surface area contributed by atoms with Gasteiger partial charge in [0.15, 0.2) is 6.21 Å². The topological polar surface area (TPSA) is 44.5 Å². The maximum Gasteiger partial charge on any atom is 0.222 e. The molecule has 108 valence electrons. The first kappa shape index (κ1) is 15.3. The number of thiol groups is 1. The lowest BCUT2D eigenvalue weighted by molar-refractivity contribution is -0.354. The summed E-state index contributed by atoms with van der Waals surface area (Å²) in [5, 5.41) is 12.2. The first-order chi connectivity index (χ1) is 10.1. The molecule has 0 aromatic heterocycles. The molecule has 0 amide bonds. The third-order valence-corrected chi connectivity index (χ3v) is 2.87. The molecule has 0 unspecified atom stereocenters. The number of hydrogen-bond donors (Lipinski definition) is 1. The fourth-order valence-electron chi connectivity index (χ4n) is 1.70. The van der Waals surface area contributed by atoms with Crippen LogP contribution in [0.2, 0.25) is 0 Å². The highest BCUT2D eigenvalue weighted by molar-refractivity contribution is 8.10. The van der Waals surface area contributed by atoms with Crippen LogP contribution >= 0.6 is 24.8 Å². The lowest BCUT2D eigenvalue weighted by Crippen LogP contribution is -2.03. The van der Waals surface area contributed by atoms with Crippen molar-refractivity contribution in [1.29, 1.82) is 0 Å². The highest BCUT2D eigenvalue weighted by Crippen LogP contribution is 2.20. The predicted octanol–water partition coefficient (Wildman–Crippen LogP) is 3.55. The second kappa shape index (κ2) is 7.10. The van der Waals surface area contributed by atoms with Gasteiger partial charge in [-0.05, 0) is 36.5 Å². The second-order valence-electron chi connectivity index (χ2n) is 4.06. The third kappa shape index (κ3) is 4.21.